The molecule has 1 aliphatic carbocycles. The minimum absolute atomic E-state index is 0.0136. The van der Waals surface area contributed by atoms with Gasteiger partial charge in [0.2, 0.25) is 0 Å². The summed E-state index contributed by atoms with van der Waals surface area (Å²) in [4.78, 5) is 2.41. The minimum Gasteiger partial charge on any atom is -0.391 e. The van der Waals surface area contributed by atoms with Crippen LogP contribution in [0.25, 0.3) is 0 Å². The molecule has 2 rings (SSSR count). The smallest absolute Gasteiger partial charge is 0.0695 e. The van der Waals surface area contributed by atoms with E-state index in [4.69, 9.17) is 0 Å². The van der Waals surface area contributed by atoms with Crippen molar-refractivity contribution in [2.75, 3.05) is 13.1 Å². The summed E-state index contributed by atoms with van der Waals surface area (Å²) in [6, 6.07) is 0.522. The zero-order chi connectivity index (χ0) is 6.97. The van der Waals surface area contributed by atoms with Gasteiger partial charge in [-0.05, 0) is 38.8 Å². The molecule has 0 aromatic carbocycles. The van der Waals surface area contributed by atoms with Gasteiger partial charge in [-0.25, -0.2) is 0 Å². The predicted molar refractivity (Wildman–Crippen MR) is 39.8 cm³/mol. The molecule has 10 heavy (non-hydrogen) atoms. The predicted octanol–water partition coefficient (Wildman–Crippen LogP) is 0.605. The lowest BCUT2D eigenvalue weighted by molar-refractivity contribution is 0.0346. The highest BCUT2D eigenvalue weighted by molar-refractivity contribution is 4.88. The Balaban J connectivity index is 1.90. The summed E-state index contributed by atoms with van der Waals surface area (Å²) in [6.07, 6.45) is 4.80. The Morgan fingerprint density at radius 3 is 2.30 bits per heavy atom. The molecule has 0 aromatic heterocycles. The van der Waals surface area contributed by atoms with Gasteiger partial charge in [0.1, 0.15) is 0 Å². The van der Waals surface area contributed by atoms with Gasteiger partial charge in [0.05, 0.1) is 6.10 Å². The highest BCUT2D eigenvalue weighted by Crippen LogP contribution is 2.27. The molecule has 2 aliphatic rings. The topological polar surface area (TPSA) is 23.5 Å². The molecule has 1 saturated carbocycles. The second kappa shape index (κ2) is 2.51. The van der Waals surface area contributed by atoms with Gasteiger partial charge in [-0.3, -0.25) is 4.90 Å². The van der Waals surface area contributed by atoms with Crippen molar-refractivity contribution < 1.29 is 5.11 Å². The van der Waals surface area contributed by atoms with Gasteiger partial charge in [-0.2, -0.15) is 0 Å². The largest absolute Gasteiger partial charge is 0.391 e. The Bertz CT molecular complexity index is 122. The fourth-order valence-corrected chi connectivity index (χ4v) is 2.02. The summed E-state index contributed by atoms with van der Waals surface area (Å²) in [5.74, 6) is 0. The number of rotatable bonds is 1. The van der Waals surface area contributed by atoms with E-state index in [2.05, 4.69) is 4.90 Å². The van der Waals surface area contributed by atoms with Gasteiger partial charge in [-0.15, -0.1) is 0 Å². The molecule has 2 heteroatoms. The van der Waals surface area contributed by atoms with E-state index in [-0.39, 0.29) is 6.10 Å². The van der Waals surface area contributed by atoms with Crippen LogP contribution in [0, 0.1) is 0 Å². The van der Waals surface area contributed by atoms with E-state index >= 15 is 0 Å². The summed E-state index contributed by atoms with van der Waals surface area (Å²) in [5, 5.41) is 9.48. The van der Waals surface area contributed by atoms with Gasteiger partial charge < -0.3 is 5.11 Å². The van der Waals surface area contributed by atoms with E-state index in [1.807, 2.05) is 0 Å². The molecular weight excluding hydrogens is 126 g/mol. The summed E-state index contributed by atoms with van der Waals surface area (Å²) in [7, 11) is 0. The first-order chi connectivity index (χ1) is 4.88. The van der Waals surface area contributed by atoms with Crippen molar-refractivity contribution in [3.63, 3.8) is 0 Å². The zero-order valence-electron chi connectivity index (χ0n) is 6.29. The van der Waals surface area contributed by atoms with E-state index in [9.17, 15) is 5.11 Å². The third-order valence-electron chi connectivity index (χ3n) is 2.80. The SMILES string of the molecule is O[C@H]1CCC[C@@H]1N1CCC1. The maximum atomic E-state index is 9.48. The van der Waals surface area contributed by atoms with Crippen LogP contribution in [0.4, 0.5) is 0 Å². The van der Waals surface area contributed by atoms with Gasteiger partial charge in [0.25, 0.3) is 0 Å². The van der Waals surface area contributed by atoms with Crippen molar-refractivity contribution in [1.82, 2.24) is 4.90 Å². The summed E-state index contributed by atoms with van der Waals surface area (Å²) < 4.78 is 0. The monoisotopic (exact) mass is 141 g/mol. The highest BCUT2D eigenvalue weighted by Gasteiger charge is 2.32. The first-order valence-corrected chi connectivity index (χ1v) is 4.30. The van der Waals surface area contributed by atoms with Crippen molar-refractivity contribution in [2.24, 2.45) is 0 Å². The first-order valence-electron chi connectivity index (χ1n) is 4.30. The maximum absolute atomic E-state index is 9.48. The molecule has 2 fully saturated rings. The molecule has 0 amide bonds. The van der Waals surface area contributed by atoms with Crippen LogP contribution < -0.4 is 0 Å². The van der Waals surface area contributed by atoms with Crippen LogP contribution in [0.1, 0.15) is 25.7 Å². The van der Waals surface area contributed by atoms with Crippen molar-refractivity contribution >= 4 is 0 Å². The van der Waals surface area contributed by atoms with E-state index in [0.29, 0.717) is 6.04 Å². The van der Waals surface area contributed by atoms with Crippen LogP contribution >= 0.6 is 0 Å². The third kappa shape index (κ3) is 0.956. The Kier molecular flexibility index (Phi) is 1.66. The third-order valence-corrected chi connectivity index (χ3v) is 2.80. The number of nitrogens with zero attached hydrogens (tertiary/aromatic N) is 1. The number of likely N-dealkylation sites (tertiary alicyclic amines) is 1. The van der Waals surface area contributed by atoms with Crippen molar-refractivity contribution in [2.45, 2.75) is 37.8 Å². The molecule has 2 nitrogen and oxygen atoms in total. The average molecular weight is 141 g/mol. The standard InChI is InChI=1S/C8H15NO/c10-8-4-1-3-7(8)9-5-2-6-9/h7-8,10H,1-6H2/t7-,8-/m0/s1. The van der Waals surface area contributed by atoms with E-state index in [1.165, 1.54) is 32.4 Å². The quantitative estimate of drug-likeness (QED) is 0.578. The molecule has 1 aliphatic heterocycles. The van der Waals surface area contributed by atoms with Crippen LogP contribution in [-0.4, -0.2) is 35.2 Å². The highest BCUT2D eigenvalue weighted by atomic mass is 16.3. The van der Waals surface area contributed by atoms with Gasteiger partial charge in [0.15, 0.2) is 0 Å². The minimum atomic E-state index is -0.0136. The Morgan fingerprint density at radius 2 is 1.90 bits per heavy atom. The van der Waals surface area contributed by atoms with Crippen LogP contribution in [0.2, 0.25) is 0 Å². The molecule has 0 bridgehead atoms. The molecular formula is C8H15NO. The van der Waals surface area contributed by atoms with Gasteiger partial charge >= 0.3 is 0 Å². The average Bonchev–Trinajstić information content (AvgIpc) is 2.12. The fraction of sp³-hybridized carbons (Fsp3) is 1.00. The molecule has 2 atom stereocenters. The molecule has 1 N–H and O–H groups in total. The van der Waals surface area contributed by atoms with Crippen molar-refractivity contribution in [3.05, 3.63) is 0 Å². The van der Waals surface area contributed by atoms with Crippen LogP contribution in [-0.2, 0) is 0 Å². The summed E-state index contributed by atoms with van der Waals surface area (Å²) >= 11 is 0. The van der Waals surface area contributed by atoms with E-state index < -0.39 is 0 Å². The molecule has 0 unspecified atom stereocenters. The first kappa shape index (κ1) is 6.62. The molecule has 0 spiro atoms. The number of hydrogen-bond acceptors (Lipinski definition) is 2. The molecule has 58 valence electrons. The Hall–Kier alpha value is -0.0800. The zero-order valence-corrected chi connectivity index (χ0v) is 6.29. The summed E-state index contributed by atoms with van der Waals surface area (Å²) in [5.41, 5.74) is 0. The number of aliphatic hydroxyl groups is 1. The number of hydrogen-bond donors (Lipinski definition) is 1. The molecule has 1 heterocycles. The normalized spacial score (nSPS) is 41.7. The van der Waals surface area contributed by atoms with Gasteiger partial charge in [0, 0.05) is 6.04 Å². The molecule has 1 saturated heterocycles. The molecule has 0 aromatic rings. The molecule has 0 radical (unpaired) electrons. The lowest BCUT2D eigenvalue weighted by atomic mass is 10.1. The summed E-state index contributed by atoms with van der Waals surface area (Å²) in [6.45, 7) is 2.45. The van der Waals surface area contributed by atoms with Gasteiger partial charge in [-0.1, -0.05) is 0 Å². The Labute approximate surface area is 61.8 Å². The number of aliphatic hydroxyl groups excluding tert-OH is 1. The van der Waals surface area contributed by atoms with Crippen LogP contribution in [0.5, 0.6) is 0 Å². The van der Waals surface area contributed by atoms with E-state index in [0.717, 1.165) is 6.42 Å². The maximum Gasteiger partial charge on any atom is 0.0695 e. The van der Waals surface area contributed by atoms with Crippen molar-refractivity contribution in [1.29, 1.82) is 0 Å². The fourth-order valence-electron chi connectivity index (χ4n) is 2.02. The second-order valence-corrected chi connectivity index (χ2v) is 3.46. The Morgan fingerprint density at radius 1 is 1.10 bits per heavy atom. The van der Waals surface area contributed by atoms with Crippen LogP contribution in [0.3, 0.4) is 0 Å². The second-order valence-electron chi connectivity index (χ2n) is 3.46. The lowest BCUT2D eigenvalue weighted by Gasteiger charge is -2.37. The van der Waals surface area contributed by atoms with Crippen LogP contribution in [0.15, 0.2) is 0 Å². The lowest BCUT2D eigenvalue weighted by Crippen LogP contribution is -2.48. The van der Waals surface area contributed by atoms with E-state index in [1.54, 1.807) is 0 Å². The van der Waals surface area contributed by atoms with Crippen molar-refractivity contribution in [3.8, 4) is 0 Å².